The van der Waals surface area contributed by atoms with Gasteiger partial charge in [-0.3, -0.25) is 9.36 Å². The number of hydrogen-bond donors (Lipinski definition) is 0. The van der Waals surface area contributed by atoms with Gasteiger partial charge in [0.1, 0.15) is 0 Å². The summed E-state index contributed by atoms with van der Waals surface area (Å²) in [5.74, 6) is 0.237. The van der Waals surface area contributed by atoms with Gasteiger partial charge in [-0.25, -0.2) is 4.98 Å². The van der Waals surface area contributed by atoms with Crippen LogP contribution < -0.4 is 0 Å². The maximum Gasteiger partial charge on any atom is 0.235 e. The highest BCUT2D eigenvalue weighted by atomic mass is 32.2. The van der Waals surface area contributed by atoms with Crippen molar-refractivity contribution in [3.05, 3.63) is 42.2 Å². The average molecular weight is 343 g/mol. The van der Waals surface area contributed by atoms with Crippen molar-refractivity contribution < 1.29 is 4.79 Å². The third-order valence-corrected chi connectivity index (χ3v) is 5.50. The van der Waals surface area contributed by atoms with Crippen molar-refractivity contribution in [2.45, 2.75) is 49.9 Å². The molecule has 2 aromatic rings. The van der Waals surface area contributed by atoms with Gasteiger partial charge < -0.3 is 4.90 Å². The van der Waals surface area contributed by atoms with Crippen LogP contribution in [-0.4, -0.2) is 38.7 Å². The van der Waals surface area contributed by atoms with Gasteiger partial charge in [0.25, 0.3) is 0 Å². The van der Waals surface area contributed by atoms with E-state index < -0.39 is 0 Å². The maximum atomic E-state index is 12.7. The molecule has 1 saturated heterocycles. The van der Waals surface area contributed by atoms with Gasteiger partial charge >= 0.3 is 0 Å². The number of likely N-dealkylation sites (tertiary alicyclic amines) is 1. The first-order valence-electron chi connectivity index (χ1n) is 8.71. The number of hydrogen-bond acceptors (Lipinski definition) is 3. The van der Waals surface area contributed by atoms with Crippen LogP contribution in [0.1, 0.15) is 38.2 Å². The number of aromatic nitrogens is 2. The Balaban J connectivity index is 1.72. The quantitative estimate of drug-likeness (QED) is 0.786. The summed E-state index contributed by atoms with van der Waals surface area (Å²) in [6.07, 6.45) is 8.49. The molecule has 1 fully saturated rings. The summed E-state index contributed by atoms with van der Waals surface area (Å²) in [5.41, 5.74) is 2.30. The molecule has 1 amide bonds. The van der Waals surface area contributed by atoms with E-state index >= 15 is 0 Å². The minimum absolute atomic E-state index is 0.117. The Hall–Kier alpha value is -1.75. The summed E-state index contributed by atoms with van der Waals surface area (Å²) in [5, 5.41) is 0.755. The van der Waals surface area contributed by atoms with E-state index in [1.807, 2.05) is 24.1 Å². The van der Waals surface area contributed by atoms with Crippen LogP contribution in [0.5, 0.6) is 0 Å². The number of thioether (sulfide) groups is 1. The minimum Gasteiger partial charge on any atom is -0.342 e. The third kappa shape index (κ3) is 4.01. The lowest BCUT2D eigenvalue weighted by atomic mass is 10.2. The lowest BCUT2D eigenvalue weighted by molar-refractivity contribution is -0.130. The standard InChI is InChI=1S/C19H25N3OS/c1-15-8-7-9-17(14-15)22-13-10-20-19(22)24-16(2)18(23)21-11-5-3-4-6-12-21/h7-10,13-14,16H,3-6,11-12H2,1-2H3. The fourth-order valence-electron chi connectivity index (χ4n) is 3.11. The van der Waals surface area contributed by atoms with Crippen LogP contribution in [-0.2, 0) is 4.79 Å². The van der Waals surface area contributed by atoms with E-state index in [0.717, 1.165) is 36.8 Å². The summed E-state index contributed by atoms with van der Waals surface area (Å²) in [6, 6.07) is 8.33. The van der Waals surface area contributed by atoms with E-state index in [1.165, 1.54) is 18.4 Å². The van der Waals surface area contributed by atoms with Crippen molar-refractivity contribution in [1.29, 1.82) is 0 Å². The second-order valence-electron chi connectivity index (χ2n) is 6.42. The van der Waals surface area contributed by atoms with Gasteiger partial charge in [0.05, 0.1) is 5.25 Å². The van der Waals surface area contributed by atoms with Gasteiger partial charge in [0, 0.05) is 31.2 Å². The molecular formula is C19H25N3OS. The van der Waals surface area contributed by atoms with Crippen molar-refractivity contribution in [3.8, 4) is 5.69 Å². The Morgan fingerprint density at radius 3 is 2.67 bits per heavy atom. The van der Waals surface area contributed by atoms with Crippen LogP contribution in [0, 0.1) is 6.92 Å². The van der Waals surface area contributed by atoms with Crippen LogP contribution in [0.4, 0.5) is 0 Å². The monoisotopic (exact) mass is 343 g/mol. The Bertz CT molecular complexity index is 689. The third-order valence-electron chi connectivity index (χ3n) is 4.43. The number of rotatable bonds is 4. The predicted molar refractivity (Wildman–Crippen MR) is 98.7 cm³/mol. The second-order valence-corrected chi connectivity index (χ2v) is 7.73. The number of amides is 1. The number of carbonyl (C=O) groups excluding carboxylic acids is 1. The van der Waals surface area contributed by atoms with Crippen molar-refractivity contribution in [2.75, 3.05) is 13.1 Å². The van der Waals surface area contributed by atoms with Crippen molar-refractivity contribution >= 4 is 17.7 Å². The summed E-state index contributed by atoms with van der Waals surface area (Å²) < 4.78 is 2.06. The van der Waals surface area contributed by atoms with Gasteiger partial charge in [-0.15, -0.1) is 0 Å². The Morgan fingerprint density at radius 2 is 1.96 bits per heavy atom. The van der Waals surface area contributed by atoms with Crippen molar-refractivity contribution in [3.63, 3.8) is 0 Å². The zero-order valence-corrected chi connectivity index (χ0v) is 15.3. The molecule has 0 bridgehead atoms. The lowest BCUT2D eigenvalue weighted by Crippen LogP contribution is -2.37. The zero-order chi connectivity index (χ0) is 16.9. The van der Waals surface area contributed by atoms with E-state index in [9.17, 15) is 4.79 Å². The smallest absolute Gasteiger partial charge is 0.235 e. The molecule has 1 aromatic carbocycles. The van der Waals surface area contributed by atoms with Crippen LogP contribution >= 0.6 is 11.8 Å². The van der Waals surface area contributed by atoms with Crippen molar-refractivity contribution in [1.82, 2.24) is 14.5 Å². The first-order valence-corrected chi connectivity index (χ1v) is 9.59. The summed E-state index contributed by atoms with van der Waals surface area (Å²) in [7, 11) is 0. The number of aryl methyl sites for hydroxylation is 1. The fraction of sp³-hybridized carbons (Fsp3) is 0.474. The van der Waals surface area contributed by atoms with Gasteiger partial charge in [-0.05, 0) is 44.4 Å². The number of imidazole rings is 1. The van der Waals surface area contributed by atoms with E-state index in [4.69, 9.17) is 0 Å². The maximum absolute atomic E-state index is 12.7. The molecule has 5 heteroatoms. The molecule has 1 aromatic heterocycles. The van der Waals surface area contributed by atoms with E-state index in [0.29, 0.717) is 0 Å². The summed E-state index contributed by atoms with van der Waals surface area (Å²) >= 11 is 1.55. The molecule has 1 aliphatic heterocycles. The van der Waals surface area contributed by atoms with Crippen LogP contribution in [0.25, 0.3) is 5.69 Å². The molecule has 0 radical (unpaired) electrons. The van der Waals surface area contributed by atoms with Gasteiger partial charge in [0.15, 0.2) is 5.16 Å². The second kappa shape index (κ2) is 7.88. The highest BCUT2D eigenvalue weighted by Crippen LogP contribution is 2.26. The Labute approximate surface area is 148 Å². The number of benzene rings is 1. The van der Waals surface area contributed by atoms with E-state index in [1.54, 1.807) is 18.0 Å². The Morgan fingerprint density at radius 1 is 1.21 bits per heavy atom. The fourth-order valence-corrected chi connectivity index (χ4v) is 4.08. The molecule has 0 aliphatic carbocycles. The lowest BCUT2D eigenvalue weighted by Gasteiger charge is -2.23. The first kappa shape index (κ1) is 17.1. The molecule has 2 heterocycles. The molecular weight excluding hydrogens is 318 g/mol. The van der Waals surface area contributed by atoms with Crippen LogP contribution in [0.3, 0.4) is 0 Å². The minimum atomic E-state index is -0.117. The first-order chi connectivity index (χ1) is 11.6. The van der Waals surface area contributed by atoms with E-state index in [2.05, 4.69) is 34.7 Å². The topological polar surface area (TPSA) is 38.1 Å². The highest BCUT2D eigenvalue weighted by molar-refractivity contribution is 8.00. The van der Waals surface area contributed by atoms with E-state index in [-0.39, 0.29) is 11.2 Å². The van der Waals surface area contributed by atoms with Gasteiger partial charge in [0.2, 0.25) is 5.91 Å². The molecule has 1 aliphatic rings. The SMILES string of the molecule is Cc1cccc(-n2ccnc2SC(C)C(=O)N2CCCCCC2)c1. The normalized spacial score (nSPS) is 16.7. The van der Waals surface area contributed by atoms with Crippen molar-refractivity contribution in [2.24, 2.45) is 0 Å². The number of carbonyl (C=O) groups is 1. The summed E-state index contributed by atoms with van der Waals surface area (Å²) in [4.78, 5) is 19.2. The molecule has 0 N–H and O–H groups in total. The molecule has 128 valence electrons. The highest BCUT2D eigenvalue weighted by Gasteiger charge is 2.23. The molecule has 0 saturated carbocycles. The van der Waals surface area contributed by atoms with Crippen LogP contribution in [0.2, 0.25) is 0 Å². The molecule has 24 heavy (non-hydrogen) atoms. The molecule has 1 atom stereocenters. The van der Waals surface area contributed by atoms with Gasteiger partial charge in [-0.2, -0.15) is 0 Å². The van der Waals surface area contributed by atoms with Gasteiger partial charge in [-0.1, -0.05) is 36.7 Å². The zero-order valence-electron chi connectivity index (χ0n) is 14.4. The molecule has 0 spiro atoms. The predicted octanol–water partition coefficient (Wildman–Crippen LogP) is 4.06. The molecule has 1 unspecified atom stereocenters. The average Bonchev–Trinajstić information content (AvgIpc) is 2.86. The number of nitrogens with zero attached hydrogens (tertiary/aromatic N) is 3. The van der Waals surface area contributed by atoms with Crippen LogP contribution in [0.15, 0.2) is 41.8 Å². The summed E-state index contributed by atoms with van der Waals surface area (Å²) in [6.45, 7) is 5.87. The molecule has 4 nitrogen and oxygen atoms in total. The molecule has 3 rings (SSSR count). The Kier molecular flexibility index (Phi) is 5.61. The largest absolute Gasteiger partial charge is 0.342 e.